The summed E-state index contributed by atoms with van der Waals surface area (Å²) in [4.78, 5) is 8.65. The van der Waals surface area contributed by atoms with Crippen molar-refractivity contribution in [2.24, 2.45) is 10.9 Å². The number of ether oxygens (including phenoxy) is 1. The van der Waals surface area contributed by atoms with Crippen LogP contribution < -0.4 is 10.6 Å². The van der Waals surface area contributed by atoms with Crippen LogP contribution in [0.3, 0.4) is 0 Å². The van der Waals surface area contributed by atoms with Gasteiger partial charge in [-0.15, -0.1) is 24.0 Å². The summed E-state index contributed by atoms with van der Waals surface area (Å²) in [6.07, 6.45) is 5.94. The van der Waals surface area contributed by atoms with Crippen LogP contribution in [-0.2, 0) is 11.2 Å². The quantitative estimate of drug-likeness (QED) is 0.225. The minimum Gasteiger partial charge on any atom is -0.444 e. The van der Waals surface area contributed by atoms with Gasteiger partial charge in [-0.25, -0.2) is 9.37 Å². The molecule has 0 aliphatic heterocycles. The first-order valence-electron chi connectivity index (χ1n) is 9.47. The summed E-state index contributed by atoms with van der Waals surface area (Å²) in [7, 11) is 1.75. The number of nitrogens with one attached hydrogen (secondary N) is 2. The van der Waals surface area contributed by atoms with E-state index < -0.39 is 0 Å². The van der Waals surface area contributed by atoms with Gasteiger partial charge in [0.05, 0.1) is 5.69 Å². The first-order valence-corrected chi connectivity index (χ1v) is 9.47. The summed E-state index contributed by atoms with van der Waals surface area (Å²) < 4.78 is 24.1. The van der Waals surface area contributed by atoms with Gasteiger partial charge in [0.25, 0.3) is 0 Å². The number of guanidine groups is 1. The van der Waals surface area contributed by atoms with Crippen LogP contribution in [0.25, 0.3) is 11.5 Å². The first kappa shape index (κ1) is 22.6. The van der Waals surface area contributed by atoms with Crippen molar-refractivity contribution in [3.63, 3.8) is 0 Å². The van der Waals surface area contributed by atoms with Crippen molar-refractivity contribution in [1.82, 2.24) is 15.6 Å². The number of hydrogen-bond donors (Lipinski definition) is 2. The molecule has 1 aliphatic rings. The highest BCUT2D eigenvalue weighted by atomic mass is 127. The van der Waals surface area contributed by atoms with Gasteiger partial charge < -0.3 is 19.8 Å². The van der Waals surface area contributed by atoms with E-state index in [-0.39, 0.29) is 29.8 Å². The lowest BCUT2D eigenvalue weighted by Crippen LogP contribution is -2.39. The van der Waals surface area contributed by atoms with E-state index in [0.29, 0.717) is 18.9 Å². The number of halogens is 2. The van der Waals surface area contributed by atoms with Crippen molar-refractivity contribution in [3.05, 3.63) is 42.0 Å². The van der Waals surface area contributed by atoms with Crippen molar-refractivity contribution >= 4 is 29.9 Å². The maximum atomic E-state index is 13.0. The second-order valence-corrected chi connectivity index (χ2v) is 6.70. The van der Waals surface area contributed by atoms with Gasteiger partial charge in [0.2, 0.25) is 5.89 Å². The molecule has 154 valence electrons. The maximum absolute atomic E-state index is 13.0. The fourth-order valence-corrected chi connectivity index (χ4v) is 2.59. The molecule has 0 spiro atoms. The topological polar surface area (TPSA) is 71.7 Å². The second kappa shape index (κ2) is 12.0. The Bertz CT molecular complexity index is 732. The van der Waals surface area contributed by atoms with E-state index in [0.717, 1.165) is 49.3 Å². The van der Waals surface area contributed by atoms with Gasteiger partial charge >= 0.3 is 0 Å². The van der Waals surface area contributed by atoms with E-state index in [1.54, 1.807) is 25.4 Å². The van der Waals surface area contributed by atoms with Gasteiger partial charge in [0.15, 0.2) is 5.96 Å². The number of rotatable bonds is 10. The summed E-state index contributed by atoms with van der Waals surface area (Å²) in [5.74, 6) is 1.80. The predicted octanol–water partition coefficient (Wildman–Crippen LogP) is 3.62. The molecule has 28 heavy (non-hydrogen) atoms. The molecule has 0 radical (unpaired) electrons. The Morgan fingerprint density at radius 3 is 2.71 bits per heavy atom. The zero-order valence-corrected chi connectivity index (χ0v) is 18.4. The normalized spacial score (nSPS) is 13.9. The Morgan fingerprint density at radius 2 is 2.00 bits per heavy atom. The zero-order chi connectivity index (χ0) is 18.9. The molecule has 0 unspecified atom stereocenters. The third kappa shape index (κ3) is 7.75. The van der Waals surface area contributed by atoms with Gasteiger partial charge in [-0.1, -0.05) is 0 Å². The third-order valence-corrected chi connectivity index (χ3v) is 4.35. The molecular weight excluding hydrogens is 474 g/mol. The highest BCUT2D eigenvalue weighted by Crippen LogP contribution is 2.28. The monoisotopic (exact) mass is 502 g/mol. The standard InChI is InChI=1S/C20H27FN4O2.HI/c1-22-20(23-10-2-12-26-13-15-3-4-15)24-11-9-18-14-27-19(25-18)16-5-7-17(21)8-6-16;/h5-8,14-15H,2-4,9-13H2,1H3,(H2,22,23,24);1H. The van der Waals surface area contributed by atoms with Crippen molar-refractivity contribution in [1.29, 1.82) is 0 Å². The largest absolute Gasteiger partial charge is 0.444 e. The van der Waals surface area contributed by atoms with Crippen LogP contribution in [0.15, 0.2) is 39.9 Å². The van der Waals surface area contributed by atoms with Gasteiger partial charge in [-0.2, -0.15) is 0 Å². The van der Waals surface area contributed by atoms with Crippen LogP contribution in [0.1, 0.15) is 25.0 Å². The number of nitrogens with zero attached hydrogens (tertiary/aromatic N) is 2. The molecule has 8 heteroatoms. The van der Waals surface area contributed by atoms with Gasteiger partial charge in [-0.05, 0) is 49.4 Å². The van der Waals surface area contributed by atoms with Crippen molar-refractivity contribution in [2.45, 2.75) is 25.7 Å². The lowest BCUT2D eigenvalue weighted by Gasteiger charge is -2.11. The molecule has 3 rings (SSSR count). The minimum absolute atomic E-state index is 0. The lowest BCUT2D eigenvalue weighted by atomic mass is 10.2. The number of aromatic nitrogens is 1. The van der Waals surface area contributed by atoms with Gasteiger partial charge in [-0.3, -0.25) is 4.99 Å². The Labute approximate surface area is 182 Å². The Kier molecular flexibility index (Phi) is 9.69. The average molecular weight is 502 g/mol. The first-order chi connectivity index (χ1) is 13.2. The smallest absolute Gasteiger partial charge is 0.226 e. The molecule has 0 bridgehead atoms. The third-order valence-electron chi connectivity index (χ3n) is 4.35. The van der Waals surface area contributed by atoms with E-state index in [1.807, 2.05) is 0 Å². The van der Waals surface area contributed by atoms with Crippen molar-refractivity contribution in [2.75, 3.05) is 33.4 Å². The molecular formula is C20H28FIN4O2. The summed E-state index contributed by atoms with van der Waals surface area (Å²) in [5.41, 5.74) is 1.60. The molecule has 0 amide bonds. The molecule has 1 fully saturated rings. The summed E-state index contributed by atoms with van der Waals surface area (Å²) >= 11 is 0. The van der Waals surface area contributed by atoms with Crippen LogP contribution >= 0.6 is 24.0 Å². The lowest BCUT2D eigenvalue weighted by molar-refractivity contribution is 0.123. The van der Waals surface area contributed by atoms with E-state index in [1.165, 1.54) is 25.0 Å². The molecule has 1 aromatic heterocycles. The van der Waals surface area contributed by atoms with Crippen LogP contribution in [0.5, 0.6) is 0 Å². The molecule has 1 saturated carbocycles. The number of aliphatic imine (C=N–C) groups is 1. The highest BCUT2D eigenvalue weighted by molar-refractivity contribution is 14.0. The molecule has 0 saturated heterocycles. The minimum atomic E-state index is -0.275. The molecule has 1 aliphatic carbocycles. The molecule has 2 aromatic rings. The summed E-state index contributed by atoms with van der Waals surface area (Å²) in [5, 5.41) is 6.54. The average Bonchev–Trinajstić information content (AvgIpc) is 3.39. The fraction of sp³-hybridized carbons (Fsp3) is 0.500. The number of benzene rings is 1. The van der Waals surface area contributed by atoms with E-state index in [4.69, 9.17) is 9.15 Å². The zero-order valence-electron chi connectivity index (χ0n) is 16.1. The van der Waals surface area contributed by atoms with E-state index in [2.05, 4.69) is 20.6 Å². The number of oxazole rings is 1. The molecule has 1 aromatic carbocycles. The highest BCUT2D eigenvalue weighted by Gasteiger charge is 2.20. The van der Waals surface area contributed by atoms with Crippen LogP contribution in [0, 0.1) is 11.7 Å². The van der Waals surface area contributed by atoms with E-state index >= 15 is 0 Å². The van der Waals surface area contributed by atoms with E-state index in [9.17, 15) is 4.39 Å². The summed E-state index contributed by atoms with van der Waals surface area (Å²) in [6, 6.07) is 6.10. The fourth-order valence-electron chi connectivity index (χ4n) is 2.59. The molecule has 6 nitrogen and oxygen atoms in total. The van der Waals surface area contributed by atoms with Crippen molar-refractivity contribution in [3.8, 4) is 11.5 Å². The SMILES string of the molecule is CN=C(NCCCOCC1CC1)NCCc1coc(-c2ccc(F)cc2)n1.I. The van der Waals surface area contributed by atoms with Crippen molar-refractivity contribution < 1.29 is 13.5 Å². The number of hydrogen-bond acceptors (Lipinski definition) is 4. The Balaban J connectivity index is 0.00000280. The molecule has 1 heterocycles. The van der Waals surface area contributed by atoms with Crippen LogP contribution in [0.4, 0.5) is 4.39 Å². The predicted molar refractivity (Wildman–Crippen MR) is 119 cm³/mol. The molecule has 2 N–H and O–H groups in total. The summed E-state index contributed by atoms with van der Waals surface area (Å²) in [6.45, 7) is 3.20. The second-order valence-electron chi connectivity index (χ2n) is 6.70. The molecule has 0 atom stereocenters. The Hall–Kier alpha value is -1.68. The maximum Gasteiger partial charge on any atom is 0.226 e. The van der Waals surface area contributed by atoms with Gasteiger partial charge in [0.1, 0.15) is 12.1 Å². The Morgan fingerprint density at radius 1 is 1.25 bits per heavy atom. The van der Waals surface area contributed by atoms with Gasteiger partial charge in [0, 0.05) is 45.3 Å². The van der Waals surface area contributed by atoms with Crippen LogP contribution in [0.2, 0.25) is 0 Å². The van der Waals surface area contributed by atoms with Crippen LogP contribution in [-0.4, -0.2) is 44.3 Å².